The number of hydrogen-bond acceptors (Lipinski definition) is 1. The molecule has 18 heavy (non-hydrogen) atoms. The van der Waals surface area contributed by atoms with Crippen molar-refractivity contribution in [1.29, 1.82) is 0 Å². The maximum Gasteiger partial charge on any atom is 0.251 e. The van der Waals surface area contributed by atoms with Crippen LogP contribution in [0.4, 0.5) is 4.39 Å². The van der Waals surface area contributed by atoms with Crippen LogP contribution in [0.25, 0.3) is 0 Å². The quantitative estimate of drug-likeness (QED) is 0.805. The molecule has 2 nitrogen and oxygen atoms in total. The molecule has 0 fully saturated rings. The molecule has 0 saturated heterocycles. The fourth-order valence-electron chi connectivity index (χ4n) is 1.60. The average molecular weight is 337 g/mol. The third kappa shape index (κ3) is 3.45. The van der Waals surface area contributed by atoms with Gasteiger partial charge in [0.2, 0.25) is 0 Å². The minimum Gasteiger partial charge on any atom is -0.345 e. The number of amides is 1. The second-order valence-electron chi connectivity index (χ2n) is 4.20. The van der Waals surface area contributed by atoms with E-state index in [0.717, 1.165) is 12.8 Å². The lowest BCUT2D eigenvalue weighted by molar-refractivity contribution is 0.0902. The van der Waals surface area contributed by atoms with Crippen LogP contribution in [0.15, 0.2) is 22.7 Å². The molecule has 1 amide bonds. The largest absolute Gasteiger partial charge is 0.345 e. The van der Waals surface area contributed by atoms with Gasteiger partial charge in [0.25, 0.3) is 5.91 Å². The summed E-state index contributed by atoms with van der Waals surface area (Å²) in [6, 6.07) is 4.19. The SMILES string of the molecule is CCC(CC)(CCl)NC(=O)c1ccc(F)c(Br)c1. The van der Waals surface area contributed by atoms with Crippen molar-refractivity contribution in [3.8, 4) is 0 Å². The molecule has 1 aromatic carbocycles. The van der Waals surface area contributed by atoms with Crippen LogP contribution in [-0.2, 0) is 0 Å². The van der Waals surface area contributed by atoms with Gasteiger partial charge in [-0.25, -0.2) is 4.39 Å². The van der Waals surface area contributed by atoms with Gasteiger partial charge in [-0.15, -0.1) is 11.6 Å². The summed E-state index contributed by atoms with van der Waals surface area (Å²) in [4.78, 5) is 12.1. The molecule has 0 aliphatic heterocycles. The molecule has 1 N–H and O–H groups in total. The minimum atomic E-state index is -0.403. The van der Waals surface area contributed by atoms with Crippen molar-refractivity contribution in [3.63, 3.8) is 0 Å². The molecule has 0 saturated carbocycles. The maximum absolute atomic E-state index is 13.1. The van der Waals surface area contributed by atoms with Gasteiger partial charge in [-0.1, -0.05) is 13.8 Å². The molecule has 1 aromatic rings. The molecule has 0 bridgehead atoms. The summed E-state index contributed by atoms with van der Waals surface area (Å²) in [6.07, 6.45) is 1.50. The van der Waals surface area contributed by atoms with Gasteiger partial charge in [-0.2, -0.15) is 0 Å². The van der Waals surface area contributed by atoms with E-state index in [1.165, 1.54) is 18.2 Å². The van der Waals surface area contributed by atoms with E-state index >= 15 is 0 Å². The van der Waals surface area contributed by atoms with E-state index < -0.39 is 5.54 Å². The van der Waals surface area contributed by atoms with Crippen LogP contribution >= 0.6 is 27.5 Å². The van der Waals surface area contributed by atoms with Crippen molar-refractivity contribution in [2.75, 3.05) is 5.88 Å². The van der Waals surface area contributed by atoms with E-state index in [1.807, 2.05) is 13.8 Å². The summed E-state index contributed by atoms with van der Waals surface area (Å²) in [5.74, 6) is -0.269. The number of rotatable bonds is 5. The maximum atomic E-state index is 13.1. The van der Waals surface area contributed by atoms with Crippen LogP contribution in [-0.4, -0.2) is 17.3 Å². The third-order valence-electron chi connectivity index (χ3n) is 3.17. The number of carbonyl (C=O) groups excluding carboxylic acids is 1. The van der Waals surface area contributed by atoms with Crippen molar-refractivity contribution in [2.45, 2.75) is 32.2 Å². The highest BCUT2D eigenvalue weighted by molar-refractivity contribution is 9.10. The number of alkyl halides is 1. The van der Waals surface area contributed by atoms with Crippen LogP contribution < -0.4 is 5.32 Å². The Morgan fingerprint density at radius 3 is 2.50 bits per heavy atom. The van der Waals surface area contributed by atoms with Gasteiger partial charge in [0.1, 0.15) is 5.82 Å². The predicted molar refractivity (Wildman–Crippen MR) is 75.6 cm³/mol. The highest BCUT2D eigenvalue weighted by Gasteiger charge is 2.27. The van der Waals surface area contributed by atoms with Crippen molar-refractivity contribution in [3.05, 3.63) is 34.1 Å². The van der Waals surface area contributed by atoms with Gasteiger partial charge in [0, 0.05) is 11.4 Å². The van der Waals surface area contributed by atoms with Gasteiger partial charge < -0.3 is 5.32 Å². The highest BCUT2D eigenvalue weighted by Crippen LogP contribution is 2.20. The molecule has 0 unspecified atom stereocenters. The van der Waals surface area contributed by atoms with Gasteiger partial charge in [0.15, 0.2) is 0 Å². The monoisotopic (exact) mass is 335 g/mol. The molecule has 1 rings (SSSR count). The first-order valence-electron chi connectivity index (χ1n) is 5.81. The summed E-state index contributed by atoms with van der Waals surface area (Å²) in [6.45, 7) is 3.96. The molecule has 0 aliphatic carbocycles. The Morgan fingerprint density at radius 1 is 1.44 bits per heavy atom. The van der Waals surface area contributed by atoms with Crippen molar-refractivity contribution in [1.82, 2.24) is 5.32 Å². The van der Waals surface area contributed by atoms with Crippen LogP contribution in [0.5, 0.6) is 0 Å². The third-order valence-corrected chi connectivity index (χ3v) is 4.29. The normalized spacial score (nSPS) is 11.4. The molecule has 0 radical (unpaired) electrons. The molecule has 0 spiro atoms. The fraction of sp³-hybridized carbons (Fsp3) is 0.462. The van der Waals surface area contributed by atoms with E-state index in [9.17, 15) is 9.18 Å². The minimum absolute atomic E-state index is 0.236. The molecule has 0 heterocycles. The molecule has 0 atom stereocenters. The van der Waals surface area contributed by atoms with Gasteiger partial charge >= 0.3 is 0 Å². The zero-order chi connectivity index (χ0) is 13.8. The molecular formula is C13H16BrClFNO. The lowest BCUT2D eigenvalue weighted by Crippen LogP contribution is -2.49. The summed E-state index contributed by atoms with van der Waals surface area (Å²) in [7, 11) is 0. The summed E-state index contributed by atoms with van der Waals surface area (Å²) in [5.41, 5.74) is 0.0131. The number of nitrogens with one attached hydrogen (secondary N) is 1. The summed E-state index contributed by atoms with van der Waals surface area (Å²) < 4.78 is 13.4. The first-order valence-corrected chi connectivity index (χ1v) is 7.14. The van der Waals surface area contributed by atoms with Crippen molar-refractivity contribution < 1.29 is 9.18 Å². The van der Waals surface area contributed by atoms with E-state index in [4.69, 9.17) is 11.6 Å². The Hall–Kier alpha value is -0.610. The summed E-state index contributed by atoms with van der Waals surface area (Å²) in [5, 5.41) is 2.93. The molecule has 100 valence electrons. The Labute approximate surface area is 120 Å². The number of carbonyl (C=O) groups is 1. The number of benzene rings is 1. The zero-order valence-electron chi connectivity index (χ0n) is 10.4. The Morgan fingerprint density at radius 2 is 2.06 bits per heavy atom. The molecule has 0 aromatic heterocycles. The van der Waals surface area contributed by atoms with E-state index in [-0.39, 0.29) is 16.2 Å². The second kappa shape index (κ2) is 6.53. The Kier molecular flexibility index (Phi) is 5.60. The number of hydrogen-bond donors (Lipinski definition) is 1. The number of halogens is 3. The lowest BCUT2D eigenvalue weighted by Gasteiger charge is -2.30. The standard InChI is InChI=1S/C13H16BrClFNO/c1-3-13(4-2,8-15)17-12(18)9-5-6-11(16)10(14)7-9/h5-7H,3-4,8H2,1-2H3,(H,17,18). The Balaban J connectivity index is 2.90. The van der Waals surface area contributed by atoms with Gasteiger partial charge in [-0.3, -0.25) is 4.79 Å². The second-order valence-corrected chi connectivity index (χ2v) is 5.33. The van der Waals surface area contributed by atoms with Crippen LogP contribution in [0, 0.1) is 5.82 Å². The first-order chi connectivity index (χ1) is 8.48. The smallest absolute Gasteiger partial charge is 0.251 e. The molecule has 5 heteroatoms. The average Bonchev–Trinajstić information content (AvgIpc) is 2.39. The van der Waals surface area contributed by atoms with Crippen molar-refractivity contribution in [2.24, 2.45) is 0 Å². The highest BCUT2D eigenvalue weighted by atomic mass is 79.9. The van der Waals surface area contributed by atoms with Crippen molar-refractivity contribution >= 4 is 33.4 Å². The topological polar surface area (TPSA) is 29.1 Å². The molecule has 0 aliphatic rings. The van der Waals surface area contributed by atoms with E-state index in [0.29, 0.717) is 11.4 Å². The summed E-state index contributed by atoms with van der Waals surface area (Å²) >= 11 is 8.99. The van der Waals surface area contributed by atoms with E-state index in [1.54, 1.807) is 0 Å². The van der Waals surface area contributed by atoms with E-state index in [2.05, 4.69) is 21.2 Å². The van der Waals surface area contributed by atoms with Crippen LogP contribution in [0.2, 0.25) is 0 Å². The van der Waals surface area contributed by atoms with Gasteiger partial charge in [0.05, 0.1) is 10.0 Å². The van der Waals surface area contributed by atoms with Crippen LogP contribution in [0.1, 0.15) is 37.0 Å². The van der Waals surface area contributed by atoms with Crippen LogP contribution in [0.3, 0.4) is 0 Å². The lowest BCUT2D eigenvalue weighted by atomic mass is 9.94. The molecular weight excluding hydrogens is 321 g/mol. The fourth-order valence-corrected chi connectivity index (χ4v) is 2.42. The van der Waals surface area contributed by atoms with Gasteiger partial charge in [-0.05, 0) is 47.0 Å². The predicted octanol–water partition coefficient (Wildman–Crippen LogP) is 4.12. The Bertz CT molecular complexity index is 427. The zero-order valence-corrected chi connectivity index (χ0v) is 12.7. The first kappa shape index (κ1) is 15.4.